The van der Waals surface area contributed by atoms with Gasteiger partial charge in [-0.25, -0.2) is 9.18 Å². The van der Waals surface area contributed by atoms with Gasteiger partial charge in [-0.05, 0) is 57.0 Å². The first kappa shape index (κ1) is 18.4. The predicted octanol–water partition coefficient (Wildman–Crippen LogP) is 4.51. The number of nitrogens with zero attached hydrogens (tertiary/aromatic N) is 1. The number of carbonyl (C=O) groups is 2. The van der Waals surface area contributed by atoms with Crippen LogP contribution in [0.3, 0.4) is 0 Å². The van der Waals surface area contributed by atoms with E-state index < -0.39 is 11.8 Å². The maximum Gasteiger partial charge on any atom is 0.319 e. The second-order valence-electron chi connectivity index (χ2n) is 6.50. The van der Waals surface area contributed by atoms with E-state index >= 15 is 0 Å². The van der Waals surface area contributed by atoms with Crippen molar-refractivity contribution in [3.63, 3.8) is 0 Å². The highest BCUT2D eigenvalue weighted by Gasteiger charge is 2.23. The minimum absolute atomic E-state index is 0.0175. The number of nitrogens with one attached hydrogen (secondary N) is 2. The first-order valence-electron chi connectivity index (χ1n) is 8.59. The number of benzene rings is 1. The summed E-state index contributed by atoms with van der Waals surface area (Å²) in [5, 5.41) is 5.39. The second kappa shape index (κ2) is 7.45. The lowest BCUT2D eigenvalue weighted by atomic mass is 10.1. The molecule has 0 spiro atoms. The largest absolute Gasteiger partial charge is 0.331 e. The second-order valence-corrected chi connectivity index (χ2v) is 7.96. The molecule has 2 heterocycles. The quantitative estimate of drug-likeness (QED) is 0.826. The lowest BCUT2D eigenvalue weighted by Gasteiger charge is -2.18. The first-order valence-corrected chi connectivity index (χ1v) is 9.41. The van der Waals surface area contributed by atoms with Gasteiger partial charge in [-0.2, -0.15) is 0 Å². The van der Waals surface area contributed by atoms with E-state index in [0.29, 0.717) is 18.7 Å². The van der Waals surface area contributed by atoms with Crippen molar-refractivity contribution < 1.29 is 14.0 Å². The van der Waals surface area contributed by atoms with E-state index in [9.17, 15) is 14.0 Å². The fourth-order valence-corrected chi connectivity index (χ4v) is 4.23. The molecule has 0 radical (unpaired) electrons. The van der Waals surface area contributed by atoms with Crippen molar-refractivity contribution in [1.29, 1.82) is 0 Å². The molecule has 1 fully saturated rings. The number of halogens is 1. The Balaban J connectivity index is 1.70. The fourth-order valence-electron chi connectivity index (χ4n) is 3.21. The Bertz CT molecular complexity index is 849. The third kappa shape index (κ3) is 3.88. The molecule has 1 aromatic heterocycles. The van der Waals surface area contributed by atoms with Crippen molar-refractivity contribution in [3.8, 4) is 0 Å². The van der Waals surface area contributed by atoms with Gasteiger partial charge in [0, 0.05) is 28.4 Å². The van der Waals surface area contributed by atoms with Crippen molar-refractivity contribution in [2.45, 2.75) is 39.7 Å². The summed E-state index contributed by atoms with van der Waals surface area (Å²) >= 11 is 1.68. The van der Waals surface area contributed by atoms with Gasteiger partial charge in [0.2, 0.25) is 5.91 Å². The number of thiophene rings is 1. The third-order valence-corrected chi connectivity index (χ3v) is 5.46. The van der Waals surface area contributed by atoms with Gasteiger partial charge >= 0.3 is 6.03 Å². The Labute approximate surface area is 156 Å². The fraction of sp³-hybridized carbons (Fsp3) is 0.368. The third-order valence-electron chi connectivity index (χ3n) is 4.48. The molecule has 5 nitrogen and oxygen atoms in total. The van der Waals surface area contributed by atoms with Crippen LogP contribution in [-0.2, 0) is 4.79 Å². The molecule has 138 valence electrons. The van der Waals surface area contributed by atoms with Crippen LogP contribution in [0.2, 0.25) is 0 Å². The molecule has 3 rings (SSSR count). The van der Waals surface area contributed by atoms with Gasteiger partial charge in [-0.1, -0.05) is 0 Å². The average Bonchev–Trinajstić information content (AvgIpc) is 3.14. The number of anilines is 2. The molecule has 2 N–H and O–H groups in total. The molecule has 7 heteroatoms. The molecule has 0 saturated carbocycles. The smallest absolute Gasteiger partial charge is 0.319 e. The van der Waals surface area contributed by atoms with Crippen LogP contribution in [0.25, 0.3) is 0 Å². The molecule has 1 saturated heterocycles. The average molecular weight is 375 g/mol. The zero-order chi connectivity index (χ0) is 18.8. The Morgan fingerprint density at radius 3 is 2.69 bits per heavy atom. The highest BCUT2D eigenvalue weighted by Crippen LogP contribution is 2.28. The summed E-state index contributed by atoms with van der Waals surface area (Å²) in [6.45, 7) is 6.54. The number of hydrogen-bond acceptors (Lipinski definition) is 3. The lowest BCUT2D eigenvalue weighted by molar-refractivity contribution is -0.117. The predicted molar refractivity (Wildman–Crippen MR) is 102 cm³/mol. The maximum atomic E-state index is 14.1. The van der Waals surface area contributed by atoms with Gasteiger partial charge in [0.25, 0.3) is 0 Å². The molecular weight excluding hydrogens is 353 g/mol. The molecule has 1 aliphatic heterocycles. The highest BCUT2D eigenvalue weighted by molar-refractivity contribution is 7.12. The van der Waals surface area contributed by atoms with Crippen molar-refractivity contribution >= 4 is 34.6 Å². The molecule has 0 bridgehead atoms. The van der Waals surface area contributed by atoms with Gasteiger partial charge in [-0.15, -0.1) is 11.3 Å². The van der Waals surface area contributed by atoms with Crippen molar-refractivity contribution in [2.75, 3.05) is 16.8 Å². The minimum atomic E-state index is -0.536. The number of rotatable bonds is 4. The molecular formula is C19H22FN3O2S. The van der Waals surface area contributed by atoms with E-state index in [1.165, 1.54) is 17.0 Å². The summed E-state index contributed by atoms with van der Waals surface area (Å²) < 4.78 is 14.1. The summed E-state index contributed by atoms with van der Waals surface area (Å²) in [5.41, 5.74) is 1.71. The van der Waals surface area contributed by atoms with Crippen LogP contribution >= 0.6 is 11.3 Å². The number of hydrogen-bond donors (Lipinski definition) is 2. The maximum absolute atomic E-state index is 14.1. The zero-order valence-corrected chi connectivity index (χ0v) is 15.9. The highest BCUT2D eigenvalue weighted by atomic mass is 32.1. The summed E-state index contributed by atoms with van der Waals surface area (Å²) in [4.78, 5) is 28.1. The van der Waals surface area contributed by atoms with Crippen LogP contribution in [0.4, 0.5) is 20.6 Å². The topological polar surface area (TPSA) is 61.4 Å². The monoisotopic (exact) mass is 375 g/mol. The van der Waals surface area contributed by atoms with Gasteiger partial charge in [0.05, 0.1) is 11.7 Å². The van der Waals surface area contributed by atoms with E-state index in [4.69, 9.17) is 0 Å². The van der Waals surface area contributed by atoms with Crippen molar-refractivity contribution in [1.82, 2.24) is 5.32 Å². The number of urea groups is 1. The van der Waals surface area contributed by atoms with E-state index in [1.54, 1.807) is 22.3 Å². The van der Waals surface area contributed by atoms with Crippen LogP contribution in [0.5, 0.6) is 0 Å². The van der Waals surface area contributed by atoms with Gasteiger partial charge in [0.1, 0.15) is 5.82 Å². The summed E-state index contributed by atoms with van der Waals surface area (Å²) in [5.74, 6) is -0.519. The van der Waals surface area contributed by atoms with E-state index in [2.05, 4.69) is 10.6 Å². The molecule has 1 atom stereocenters. The standard InChI is InChI=1S/C19H22FN3O2S/c1-11-9-15(13(3)26-11)12(2)21-19(25)22-17-10-14(6-7-16(17)20)23-8-4-5-18(23)24/h6-7,9-10,12H,4-5,8H2,1-3H3,(H2,21,22,25)/t12-/m0/s1. The van der Waals surface area contributed by atoms with E-state index in [-0.39, 0.29) is 17.6 Å². The van der Waals surface area contributed by atoms with Gasteiger partial charge < -0.3 is 15.5 Å². The first-order chi connectivity index (χ1) is 12.3. The van der Waals surface area contributed by atoms with Crippen LogP contribution in [-0.4, -0.2) is 18.5 Å². The normalized spacial score (nSPS) is 15.2. The number of aryl methyl sites for hydroxylation is 2. The molecule has 3 amide bonds. The molecule has 0 unspecified atom stereocenters. The summed E-state index contributed by atoms with van der Waals surface area (Å²) in [6, 6.07) is 5.71. The Kier molecular flexibility index (Phi) is 5.27. The van der Waals surface area contributed by atoms with Crippen LogP contribution < -0.4 is 15.5 Å². The molecule has 26 heavy (non-hydrogen) atoms. The molecule has 0 aliphatic carbocycles. The number of carbonyl (C=O) groups excluding carboxylic acids is 2. The van der Waals surface area contributed by atoms with E-state index in [1.807, 2.05) is 26.8 Å². The summed E-state index contributed by atoms with van der Waals surface area (Å²) in [7, 11) is 0. The lowest BCUT2D eigenvalue weighted by Crippen LogP contribution is -2.31. The SMILES string of the molecule is Cc1cc([C@H](C)NC(=O)Nc2cc(N3CCCC3=O)ccc2F)c(C)s1. The van der Waals surface area contributed by atoms with Crippen LogP contribution in [0.1, 0.15) is 41.1 Å². The number of amides is 3. The zero-order valence-electron chi connectivity index (χ0n) is 15.1. The Morgan fingerprint density at radius 2 is 2.08 bits per heavy atom. The molecule has 1 aliphatic rings. The van der Waals surface area contributed by atoms with Gasteiger partial charge in [-0.3, -0.25) is 4.79 Å². The molecule has 2 aromatic rings. The molecule has 1 aromatic carbocycles. The Morgan fingerprint density at radius 1 is 1.31 bits per heavy atom. The van der Waals surface area contributed by atoms with Crippen LogP contribution in [0.15, 0.2) is 24.3 Å². The van der Waals surface area contributed by atoms with Crippen LogP contribution in [0, 0.1) is 19.7 Å². The van der Waals surface area contributed by atoms with Crippen molar-refractivity contribution in [2.24, 2.45) is 0 Å². The Hall–Kier alpha value is -2.41. The van der Waals surface area contributed by atoms with E-state index in [0.717, 1.165) is 16.9 Å². The van der Waals surface area contributed by atoms with Gasteiger partial charge in [0.15, 0.2) is 0 Å². The minimum Gasteiger partial charge on any atom is -0.331 e. The summed E-state index contributed by atoms with van der Waals surface area (Å²) in [6.07, 6.45) is 1.29. The van der Waals surface area contributed by atoms with Crippen molar-refractivity contribution in [3.05, 3.63) is 45.4 Å².